The van der Waals surface area contributed by atoms with Gasteiger partial charge in [-0.15, -0.1) is 0 Å². The predicted octanol–water partition coefficient (Wildman–Crippen LogP) is 3.49. The summed E-state index contributed by atoms with van der Waals surface area (Å²) < 4.78 is 14.1. The van der Waals surface area contributed by atoms with Gasteiger partial charge in [-0.2, -0.15) is 10.2 Å². The van der Waals surface area contributed by atoms with E-state index >= 15 is 0 Å². The van der Waals surface area contributed by atoms with Crippen LogP contribution in [0.5, 0.6) is 11.5 Å². The molecule has 1 amide bonds. The molecule has 0 spiro atoms. The van der Waals surface area contributed by atoms with Crippen LogP contribution >= 0.6 is 0 Å². The van der Waals surface area contributed by atoms with Crippen molar-refractivity contribution >= 4 is 22.5 Å². The minimum atomic E-state index is -0.352. The lowest BCUT2D eigenvalue weighted by molar-refractivity contribution is -0.117. The molecule has 0 bridgehead atoms. The first-order valence-electron chi connectivity index (χ1n) is 11.7. The quantitative estimate of drug-likeness (QED) is 0.478. The van der Waals surface area contributed by atoms with Gasteiger partial charge in [0.05, 0.1) is 17.6 Å². The molecule has 0 saturated heterocycles. The summed E-state index contributed by atoms with van der Waals surface area (Å²) in [6, 6.07) is 11.2. The lowest BCUT2D eigenvalue weighted by Gasteiger charge is -2.19. The second kappa shape index (κ2) is 8.26. The number of fused-ring (bicyclic) bond motifs is 2. The molecule has 1 N–H and O–H groups in total. The molecule has 2 aromatic carbocycles. The van der Waals surface area contributed by atoms with E-state index in [4.69, 9.17) is 9.47 Å². The zero-order chi connectivity index (χ0) is 24.1. The van der Waals surface area contributed by atoms with Gasteiger partial charge >= 0.3 is 0 Å². The van der Waals surface area contributed by atoms with Gasteiger partial charge in [0.15, 0.2) is 11.5 Å². The molecule has 0 atom stereocenters. The number of hydrogen-bond donors (Lipinski definition) is 1. The van der Waals surface area contributed by atoms with Crippen LogP contribution in [0.15, 0.2) is 47.4 Å². The third-order valence-electron chi connectivity index (χ3n) is 6.37. The smallest absolute Gasteiger partial charge is 0.293 e. The summed E-state index contributed by atoms with van der Waals surface area (Å²) in [5.74, 6) is 1.16. The highest BCUT2D eigenvalue weighted by Crippen LogP contribution is 2.41. The molecule has 1 aliphatic carbocycles. The number of carbonyl (C=O) groups excluding carboxylic acids is 1. The van der Waals surface area contributed by atoms with Crippen molar-refractivity contribution in [3.8, 4) is 17.2 Å². The Morgan fingerprint density at radius 2 is 1.89 bits per heavy atom. The molecule has 178 valence electrons. The molecule has 0 radical (unpaired) electrons. The Kier molecular flexibility index (Phi) is 5.05. The van der Waals surface area contributed by atoms with Crippen LogP contribution < -0.4 is 20.3 Å². The molecule has 35 heavy (non-hydrogen) atoms. The molecule has 4 aromatic rings. The number of benzene rings is 2. The third-order valence-corrected chi connectivity index (χ3v) is 6.37. The van der Waals surface area contributed by atoms with Crippen molar-refractivity contribution in [2.45, 2.75) is 39.2 Å². The van der Waals surface area contributed by atoms with E-state index in [-0.39, 0.29) is 23.9 Å². The van der Waals surface area contributed by atoms with Crippen LogP contribution in [0.25, 0.3) is 16.6 Å². The number of rotatable bonds is 5. The van der Waals surface area contributed by atoms with E-state index in [2.05, 4.69) is 21.6 Å². The van der Waals surface area contributed by atoms with Crippen molar-refractivity contribution < 1.29 is 14.3 Å². The van der Waals surface area contributed by atoms with E-state index in [9.17, 15) is 9.59 Å². The zero-order valence-electron chi connectivity index (χ0n) is 19.6. The maximum atomic E-state index is 13.6. The molecule has 6 rings (SSSR count). The van der Waals surface area contributed by atoms with Crippen molar-refractivity contribution in [1.82, 2.24) is 19.6 Å². The van der Waals surface area contributed by atoms with Crippen molar-refractivity contribution in [3.63, 3.8) is 0 Å². The zero-order valence-corrected chi connectivity index (χ0v) is 19.6. The standard InChI is InChI=1S/C26H25N5O4/c1-15-3-7-20(16(2)11-15)31-25-19(13-27-31)24(17-4-5-17)29-30(26(25)33)14-23(32)28-18-6-8-21-22(12-18)35-10-9-34-21/h3,6-8,11-13,17H,4-5,9-10,14H2,1-2H3,(H,28,32). The minimum Gasteiger partial charge on any atom is -0.486 e. The second-order valence-corrected chi connectivity index (χ2v) is 9.14. The maximum Gasteiger partial charge on any atom is 0.293 e. The normalized spacial score (nSPS) is 14.8. The van der Waals surface area contributed by atoms with Crippen molar-refractivity contribution in [2.24, 2.45) is 0 Å². The van der Waals surface area contributed by atoms with E-state index in [1.54, 1.807) is 29.1 Å². The fourth-order valence-corrected chi connectivity index (χ4v) is 4.54. The first-order valence-corrected chi connectivity index (χ1v) is 11.7. The van der Waals surface area contributed by atoms with Crippen molar-refractivity contribution in [2.75, 3.05) is 18.5 Å². The van der Waals surface area contributed by atoms with Gasteiger partial charge in [0, 0.05) is 23.1 Å². The Bertz CT molecular complexity index is 1530. The average molecular weight is 472 g/mol. The molecule has 9 heteroatoms. The molecule has 9 nitrogen and oxygen atoms in total. The summed E-state index contributed by atoms with van der Waals surface area (Å²) >= 11 is 0. The van der Waals surface area contributed by atoms with Crippen LogP contribution in [-0.2, 0) is 11.3 Å². The van der Waals surface area contributed by atoms with Crippen LogP contribution in [-0.4, -0.2) is 38.7 Å². The van der Waals surface area contributed by atoms with E-state index in [1.165, 1.54) is 4.68 Å². The molecule has 1 aliphatic heterocycles. The Morgan fingerprint density at radius 1 is 1.09 bits per heavy atom. The van der Waals surface area contributed by atoms with Crippen LogP contribution in [0.4, 0.5) is 5.69 Å². The van der Waals surface area contributed by atoms with Gasteiger partial charge in [-0.1, -0.05) is 17.7 Å². The number of aryl methyl sites for hydroxylation is 2. The lowest BCUT2D eigenvalue weighted by Crippen LogP contribution is -2.31. The summed E-state index contributed by atoms with van der Waals surface area (Å²) in [5, 5.41) is 12.7. The summed E-state index contributed by atoms with van der Waals surface area (Å²) in [5.41, 5.74) is 4.47. The highest BCUT2D eigenvalue weighted by atomic mass is 16.6. The second-order valence-electron chi connectivity index (χ2n) is 9.14. The van der Waals surface area contributed by atoms with Gasteiger partial charge in [-0.25, -0.2) is 9.36 Å². The number of amides is 1. The molecular weight excluding hydrogens is 446 g/mol. The number of hydrogen-bond acceptors (Lipinski definition) is 6. The van der Waals surface area contributed by atoms with Crippen molar-refractivity contribution in [3.05, 3.63) is 69.8 Å². The topological polar surface area (TPSA) is 100 Å². The summed E-state index contributed by atoms with van der Waals surface area (Å²) in [6.45, 7) is 4.78. The molecular formula is C26H25N5O4. The summed E-state index contributed by atoms with van der Waals surface area (Å²) in [4.78, 5) is 26.5. The van der Waals surface area contributed by atoms with Gasteiger partial charge in [-0.3, -0.25) is 9.59 Å². The highest BCUT2D eigenvalue weighted by Gasteiger charge is 2.30. The van der Waals surface area contributed by atoms with Gasteiger partial charge < -0.3 is 14.8 Å². The van der Waals surface area contributed by atoms with Crippen molar-refractivity contribution in [1.29, 1.82) is 0 Å². The molecule has 2 aliphatic rings. The SMILES string of the molecule is Cc1ccc(-n2ncc3c(C4CC4)nn(CC(=O)Nc4ccc5c(c4)OCCO5)c(=O)c32)c(C)c1. The Hall–Kier alpha value is -4.14. The first kappa shape index (κ1) is 21.4. The number of nitrogens with one attached hydrogen (secondary N) is 1. The van der Waals surface area contributed by atoms with Crippen LogP contribution in [0.1, 0.15) is 35.6 Å². The summed E-state index contributed by atoms with van der Waals surface area (Å²) in [6.07, 6.45) is 3.74. The van der Waals surface area contributed by atoms with Gasteiger partial charge in [0.2, 0.25) is 5.91 Å². The molecule has 1 saturated carbocycles. The molecule has 2 aromatic heterocycles. The fraction of sp³-hybridized carbons (Fsp3) is 0.308. The number of aromatic nitrogens is 4. The highest BCUT2D eigenvalue weighted by molar-refractivity contribution is 5.91. The largest absolute Gasteiger partial charge is 0.486 e. The van der Waals surface area contributed by atoms with E-state index in [0.717, 1.165) is 40.7 Å². The number of carbonyl (C=O) groups is 1. The Labute approximate surface area is 201 Å². The first-order chi connectivity index (χ1) is 17.0. The average Bonchev–Trinajstić information content (AvgIpc) is 3.59. The fourth-order valence-electron chi connectivity index (χ4n) is 4.54. The maximum absolute atomic E-state index is 13.6. The van der Waals surface area contributed by atoms with E-state index in [1.807, 2.05) is 26.0 Å². The predicted molar refractivity (Wildman–Crippen MR) is 131 cm³/mol. The lowest BCUT2D eigenvalue weighted by atomic mass is 10.1. The van der Waals surface area contributed by atoms with Gasteiger partial charge in [0.1, 0.15) is 25.3 Å². The number of nitrogens with zero attached hydrogens (tertiary/aromatic N) is 4. The van der Waals surface area contributed by atoms with E-state index < -0.39 is 0 Å². The van der Waals surface area contributed by atoms with Gasteiger partial charge in [-0.05, 0) is 50.5 Å². The van der Waals surface area contributed by atoms with Crippen LogP contribution in [0.2, 0.25) is 0 Å². The molecule has 3 heterocycles. The number of ether oxygens (including phenoxy) is 2. The Morgan fingerprint density at radius 3 is 2.66 bits per heavy atom. The van der Waals surface area contributed by atoms with E-state index in [0.29, 0.717) is 35.9 Å². The number of anilines is 1. The third kappa shape index (κ3) is 3.92. The monoisotopic (exact) mass is 471 g/mol. The van der Waals surface area contributed by atoms with Crippen LogP contribution in [0.3, 0.4) is 0 Å². The van der Waals surface area contributed by atoms with Gasteiger partial charge in [0.25, 0.3) is 5.56 Å². The van der Waals surface area contributed by atoms with Crippen LogP contribution in [0, 0.1) is 13.8 Å². The Balaban J connectivity index is 1.36. The molecule has 0 unspecified atom stereocenters. The minimum absolute atomic E-state index is 0.207. The summed E-state index contributed by atoms with van der Waals surface area (Å²) in [7, 11) is 0. The molecule has 1 fully saturated rings.